The Hall–Kier alpha value is -2.15. The molecule has 0 radical (unpaired) electrons. The molecule has 0 atom stereocenters. The summed E-state index contributed by atoms with van der Waals surface area (Å²) in [6, 6.07) is 7.47. The molecule has 1 aromatic carbocycles. The van der Waals surface area contributed by atoms with Gasteiger partial charge in [-0.1, -0.05) is 12.1 Å². The summed E-state index contributed by atoms with van der Waals surface area (Å²) in [5.74, 6) is 0.768. The van der Waals surface area contributed by atoms with Crippen LogP contribution in [0.2, 0.25) is 0 Å². The van der Waals surface area contributed by atoms with Gasteiger partial charge in [0.25, 0.3) is 0 Å². The van der Waals surface area contributed by atoms with Crippen LogP contribution in [0.3, 0.4) is 0 Å². The van der Waals surface area contributed by atoms with Gasteiger partial charge >= 0.3 is 5.69 Å². The fraction of sp³-hybridized carbons (Fsp3) is 0.154. The third-order valence-electron chi connectivity index (χ3n) is 2.70. The van der Waals surface area contributed by atoms with Gasteiger partial charge in [0.1, 0.15) is 17.6 Å². The van der Waals surface area contributed by atoms with Gasteiger partial charge in [0.2, 0.25) is 0 Å². The van der Waals surface area contributed by atoms with E-state index in [1.165, 1.54) is 12.4 Å². The number of ether oxygens (including phenoxy) is 1. The Bertz CT molecular complexity index is 617. The first-order valence-corrected chi connectivity index (χ1v) is 6.56. The highest BCUT2D eigenvalue weighted by atomic mass is 79.9. The lowest BCUT2D eigenvalue weighted by Crippen LogP contribution is -2.04. The van der Waals surface area contributed by atoms with Crippen LogP contribution < -0.4 is 10.1 Å². The number of hydrogen-bond acceptors (Lipinski definition) is 5. The van der Waals surface area contributed by atoms with Gasteiger partial charge in [-0.15, -0.1) is 0 Å². The average Bonchev–Trinajstić information content (AvgIpc) is 2.46. The number of halogens is 1. The molecule has 2 rings (SSSR count). The molecule has 7 heteroatoms. The van der Waals surface area contributed by atoms with Crippen molar-refractivity contribution in [3.8, 4) is 5.75 Å². The third-order valence-corrected chi connectivity index (χ3v) is 3.31. The van der Waals surface area contributed by atoms with Crippen molar-refractivity contribution in [3.05, 3.63) is 56.8 Å². The first kappa shape index (κ1) is 14.3. The van der Waals surface area contributed by atoms with Crippen LogP contribution in [0.15, 0.2) is 41.1 Å². The molecule has 0 fully saturated rings. The molecule has 20 heavy (non-hydrogen) atoms. The summed E-state index contributed by atoms with van der Waals surface area (Å²) in [4.78, 5) is 14.3. The van der Waals surface area contributed by atoms with Crippen molar-refractivity contribution >= 4 is 27.3 Å². The van der Waals surface area contributed by atoms with E-state index in [9.17, 15) is 10.1 Å². The van der Waals surface area contributed by atoms with E-state index in [2.05, 4.69) is 26.2 Å². The minimum Gasteiger partial charge on any atom is -0.497 e. The molecular formula is C13H12BrN3O3. The smallest absolute Gasteiger partial charge is 0.311 e. The molecule has 6 nitrogen and oxygen atoms in total. The van der Waals surface area contributed by atoms with Crippen molar-refractivity contribution < 1.29 is 9.66 Å². The zero-order chi connectivity index (χ0) is 14.5. The summed E-state index contributed by atoms with van der Waals surface area (Å²) in [6.45, 7) is 0.466. The summed E-state index contributed by atoms with van der Waals surface area (Å²) in [5, 5.41) is 14.0. The summed E-state index contributed by atoms with van der Waals surface area (Å²) < 4.78 is 5.63. The predicted molar refractivity (Wildman–Crippen MR) is 78.9 cm³/mol. The number of hydrogen-bond donors (Lipinski definition) is 1. The van der Waals surface area contributed by atoms with Gasteiger partial charge in [-0.25, -0.2) is 0 Å². The normalized spacial score (nSPS) is 10.1. The molecule has 0 unspecified atom stereocenters. The molecule has 0 spiro atoms. The fourth-order valence-corrected chi connectivity index (χ4v) is 2.13. The Kier molecular flexibility index (Phi) is 4.52. The Labute approximate surface area is 124 Å². The van der Waals surface area contributed by atoms with Crippen molar-refractivity contribution in [1.82, 2.24) is 4.98 Å². The van der Waals surface area contributed by atoms with E-state index in [1.807, 2.05) is 24.3 Å². The maximum Gasteiger partial charge on any atom is 0.311 e. The molecule has 0 saturated heterocycles. The Morgan fingerprint density at radius 3 is 2.65 bits per heavy atom. The molecule has 0 saturated carbocycles. The lowest BCUT2D eigenvalue weighted by Gasteiger charge is -2.09. The monoisotopic (exact) mass is 337 g/mol. The predicted octanol–water partition coefficient (Wildman–Crippen LogP) is 3.37. The van der Waals surface area contributed by atoms with Crippen molar-refractivity contribution in [2.45, 2.75) is 6.54 Å². The molecule has 2 aromatic rings. The Balaban J connectivity index is 2.16. The van der Waals surface area contributed by atoms with Gasteiger partial charge in [-0.05, 0) is 33.6 Å². The topological polar surface area (TPSA) is 77.3 Å². The number of anilines is 1. The molecular weight excluding hydrogens is 326 g/mol. The lowest BCUT2D eigenvalue weighted by atomic mass is 10.2. The first-order valence-electron chi connectivity index (χ1n) is 5.76. The number of aromatic nitrogens is 1. The number of pyridine rings is 1. The quantitative estimate of drug-likeness (QED) is 0.668. The molecule has 0 aliphatic heterocycles. The highest BCUT2D eigenvalue weighted by Crippen LogP contribution is 2.31. The number of rotatable bonds is 5. The second-order valence-corrected chi connectivity index (χ2v) is 4.83. The van der Waals surface area contributed by atoms with Crippen LogP contribution >= 0.6 is 15.9 Å². The summed E-state index contributed by atoms with van der Waals surface area (Å²) in [7, 11) is 1.60. The van der Waals surface area contributed by atoms with Crippen LogP contribution in [0.4, 0.5) is 11.4 Å². The third kappa shape index (κ3) is 3.24. The molecule has 0 aliphatic rings. The molecule has 1 N–H and O–H groups in total. The second kappa shape index (κ2) is 6.33. The van der Waals surface area contributed by atoms with E-state index in [-0.39, 0.29) is 5.69 Å². The van der Waals surface area contributed by atoms with Crippen molar-refractivity contribution in [1.29, 1.82) is 0 Å². The van der Waals surface area contributed by atoms with E-state index < -0.39 is 4.92 Å². The van der Waals surface area contributed by atoms with Gasteiger partial charge in [0.15, 0.2) is 0 Å². The molecule has 0 amide bonds. The highest BCUT2D eigenvalue weighted by Gasteiger charge is 2.16. The van der Waals surface area contributed by atoms with Gasteiger partial charge in [-0.2, -0.15) is 0 Å². The summed E-state index contributed by atoms with van der Waals surface area (Å²) in [5.41, 5.74) is 1.34. The van der Waals surface area contributed by atoms with Gasteiger partial charge in [-0.3, -0.25) is 15.1 Å². The van der Waals surface area contributed by atoms with Crippen LogP contribution in [0, 0.1) is 10.1 Å². The van der Waals surface area contributed by atoms with E-state index in [4.69, 9.17) is 4.74 Å². The zero-order valence-corrected chi connectivity index (χ0v) is 12.3. The first-order chi connectivity index (χ1) is 9.61. The number of nitro groups is 1. The maximum absolute atomic E-state index is 11.0. The van der Waals surface area contributed by atoms with Crippen LogP contribution in [0.25, 0.3) is 0 Å². The maximum atomic E-state index is 11.0. The van der Waals surface area contributed by atoms with Crippen LogP contribution in [0.1, 0.15) is 5.56 Å². The number of benzene rings is 1. The largest absolute Gasteiger partial charge is 0.497 e. The second-order valence-electron chi connectivity index (χ2n) is 3.97. The van der Waals surface area contributed by atoms with E-state index in [1.54, 1.807) is 7.11 Å². The number of nitrogens with one attached hydrogen (secondary N) is 1. The average molecular weight is 338 g/mol. The van der Waals surface area contributed by atoms with Gasteiger partial charge in [0, 0.05) is 12.7 Å². The molecule has 0 bridgehead atoms. The van der Waals surface area contributed by atoms with Crippen molar-refractivity contribution in [3.63, 3.8) is 0 Å². The SMILES string of the molecule is COc1ccc(CNc2c(Br)cncc2[N+](=O)[O-])cc1. The van der Waals surface area contributed by atoms with Crippen molar-refractivity contribution in [2.75, 3.05) is 12.4 Å². The molecule has 104 valence electrons. The minimum atomic E-state index is -0.464. The molecule has 1 heterocycles. The highest BCUT2D eigenvalue weighted by molar-refractivity contribution is 9.10. The van der Waals surface area contributed by atoms with Gasteiger partial charge in [0.05, 0.1) is 16.5 Å². The lowest BCUT2D eigenvalue weighted by molar-refractivity contribution is -0.384. The van der Waals surface area contributed by atoms with Crippen LogP contribution in [-0.4, -0.2) is 17.0 Å². The van der Waals surface area contributed by atoms with Crippen LogP contribution in [-0.2, 0) is 6.54 Å². The fourth-order valence-electron chi connectivity index (χ4n) is 1.67. The Morgan fingerprint density at radius 2 is 2.05 bits per heavy atom. The van der Waals surface area contributed by atoms with Crippen molar-refractivity contribution in [2.24, 2.45) is 0 Å². The minimum absolute atomic E-state index is 0.0621. The van der Waals surface area contributed by atoms with E-state index in [0.717, 1.165) is 11.3 Å². The zero-order valence-electron chi connectivity index (χ0n) is 10.7. The molecule has 1 aromatic heterocycles. The van der Waals surface area contributed by atoms with E-state index >= 15 is 0 Å². The summed E-state index contributed by atoms with van der Waals surface area (Å²) in [6.07, 6.45) is 2.74. The van der Waals surface area contributed by atoms with Crippen LogP contribution in [0.5, 0.6) is 5.75 Å². The standard InChI is InChI=1S/C13H12BrN3O3/c1-20-10-4-2-9(3-5-10)6-16-13-11(14)7-15-8-12(13)17(18)19/h2-5,7-8H,6H2,1H3,(H,15,16). The summed E-state index contributed by atoms with van der Waals surface area (Å²) >= 11 is 3.26. The van der Waals surface area contributed by atoms with Gasteiger partial charge < -0.3 is 10.1 Å². The Morgan fingerprint density at radius 1 is 1.35 bits per heavy atom. The molecule has 0 aliphatic carbocycles. The number of nitrogens with zero attached hydrogens (tertiary/aromatic N) is 2. The number of methoxy groups -OCH3 is 1. The van der Waals surface area contributed by atoms with E-state index in [0.29, 0.717) is 16.7 Å².